The van der Waals surface area contributed by atoms with Gasteiger partial charge in [-0.15, -0.1) is 0 Å². The van der Waals surface area contributed by atoms with Crippen LogP contribution in [-0.2, 0) is 6.42 Å². The second kappa shape index (κ2) is 12.4. The fourth-order valence-corrected chi connectivity index (χ4v) is 8.07. The summed E-state index contributed by atoms with van der Waals surface area (Å²) in [5.41, 5.74) is 1.86. The zero-order chi connectivity index (χ0) is 32.0. The van der Waals surface area contributed by atoms with E-state index in [2.05, 4.69) is 55.1 Å². The van der Waals surface area contributed by atoms with Gasteiger partial charge in [-0.3, -0.25) is 9.36 Å². The first-order valence-electron chi connectivity index (χ1n) is 16.3. The largest absolute Gasteiger partial charge is 0.497 e. The number of nitrogens with one attached hydrogen (secondary N) is 2. The number of ether oxygens (including phenoxy) is 1. The number of fused-ring (bicyclic) bond motifs is 3. The van der Waals surface area contributed by atoms with E-state index in [1.165, 1.54) is 30.5 Å². The summed E-state index contributed by atoms with van der Waals surface area (Å²) in [4.78, 5) is 25.9. The van der Waals surface area contributed by atoms with Crippen molar-refractivity contribution in [3.05, 3.63) is 64.5 Å². The highest BCUT2D eigenvalue weighted by atomic mass is 19.1. The first kappa shape index (κ1) is 31.5. The molecule has 3 aliphatic carbocycles. The van der Waals surface area contributed by atoms with E-state index in [1.54, 1.807) is 18.2 Å². The van der Waals surface area contributed by atoms with E-state index in [9.17, 15) is 14.3 Å². The fraction of sp³-hybridized carbons (Fsp3) is 0.571. The van der Waals surface area contributed by atoms with Gasteiger partial charge in [0.15, 0.2) is 5.96 Å². The van der Waals surface area contributed by atoms with Gasteiger partial charge in [-0.1, -0.05) is 26.8 Å². The maximum Gasteiger partial charge on any atom is 0.261 e. The number of aliphatic imine (C=N–C) groups is 1. The number of aliphatic hydroxyl groups is 1. The molecular weight excluding hydrogens is 571 g/mol. The summed E-state index contributed by atoms with van der Waals surface area (Å²) in [6, 6.07) is 10.4. The Morgan fingerprint density at radius 1 is 1.18 bits per heavy atom. The average Bonchev–Trinajstić information content (AvgIpc) is 3.00. The molecular formula is C35H47FN6O3. The lowest BCUT2D eigenvalue weighted by molar-refractivity contribution is -0.108. The van der Waals surface area contributed by atoms with Crippen molar-refractivity contribution in [2.24, 2.45) is 28.2 Å². The molecule has 10 heteroatoms. The van der Waals surface area contributed by atoms with Gasteiger partial charge in [-0.05, 0) is 86.1 Å². The number of piperazine rings is 1. The number of hydrogen-bond acceptors (Lipinski definition) is 6. The maximum absolute atomic E-state index is 14.7. The van der Waals surface area contributed by atoms with Crippen LogP contribution in [-0.4, -0.2) is 70.4 Å². The molecule has 0 amide bonds. The molecule has 7 atom stereocenters. The Hall–Kier alpha value is -3.50. The minimum Gasteiger partial charge on any atom is -0.497 e. The Morgan fingerprint density at radius 3 is 2.58 bits per heavy atom. The summed E-state index contributed by atoms with van der Waals surface area (Å²) in [7, 11) is 1.48. The molecule has 45 heavy (non-hydrogen) atoms. The van der Waals surface area contributed by atoms with Crippen LogP contribution in [0.1, 0.15) is 59.1 Å². The van der Waals surface area contributed by atoms with Crippen molar-refractivity contribution < 1.29 is 14.2 Å². The molecule has 0 unspecified atom stereocenters. The topological polar surface area (TPSA) is 104 Å². The molecule has 7 rings (SSSR count). The van der Waals surface area contributed by atoms with E-state index in [4.69, 9.17) is 9.73 Å². The Kier molecular flexibility index (Phi) is 8.65. The molecule has 4 fully saturated rings. The maximum atomic E-state index is 14.7. The Morgan fingerprint density at radius 2 is 1.93 bits per heavy atom. The highest BCUT2D eigenvalue weighted by Gasteiger charge is 2.56. The van der Waals surface area contributed by atoms with Crippen molar-refractivity contribution in [2.45, 2.75) is 78.0 Å². The number of benzene rings is 2. The van der Waals surface area contributed by atoms with E-state index >= 15 is 0 Å². The Labute approximate surface area is 264 Å². The lowest BCUT2D eigenvalue weighted by Gasteiger charge is -2.61. The standard InChI is InChI=1S/C35H47FN6O3/c1-20-16-41(17-21(2)38-20)34(40-31-13-24-12-29(22(31)3)35(24,4)5)39-25-8-10-28-32(14-25)37-19-42(33(28)44)26(18-43)11-23-7-9-27(45-6)15-30(23)36/h7-10,14-15,19-22,24,26,29,31,38,43H,11-13,16-18H2,1-6H3,(H,39,40)/t20-,21-,22-,24+,26-,29-,31-/m0/s1. The first-order chi connectivity index (χ1) is 21.5. The molecule has 2 aromatic carbocycles. The predicted octanol–water partition coefficient (Wildman–Crippen LogP) is 4.84. The van der Waals surface area contributed by atoms with Crippen molar-refractivity contribution in [3.63, 3.8) is 0 Å². The van der Waals surface area contributed by atoms with Gasteiger partial charge in [0.05, 0.1) is 43.0 Å². The number of hydrogen-bond donors (Lipinski definition) is 3. The smallest absolute Gasteiger partial charge is 0.261 e. The van der Waals surface area contributed by atoms with Gasteiger partial charge in [0.25, 0.3) is 5.56 Å². The number of halogens is 1. The molecule has 1 saturated heterocycles. The molecule has 0 radical (unpaired) electrons. The molecule has 0 spiro atoms. The summed E-state index contributed by atoms with van der Waals surface area (Å²) in [6.07, 6.45) is 4.01. The van der Waals surface area contributed by atoms with Crippen LogP contribution >= 0.6 is 0 Å². The average molecular weight is 619 g/mol. The van der Waals surface area contributed by atoms with Crippen molar-refractivity contribution in [1.82, 2.24) is 19.8 Å². The van der Waals surface area contributed by atoms with E-state index < -0.39 is 11.9 Å². The van der Waals surface area contributed by atoms with Gasteiger partial charge in [-0.2, -0.15) is 0 Å². The van der Waals surface area contributed by atoms with Gasteiger partial charge in [0.2, 0.25) is 0 Å². The molecule has 1 aliphatic heterocycles. The van der Waals surface area contributed by atoms with Gasteiger partial charge in [0.1, 0.15) is 11.6 Å². The van der Waals surface area contributed by atoms with Crippen LogP contribution in [0.5, 0.6) is 5.75 Å². The molecule has 3 aromatic rings. The van der Waals surface area contributed by atoms with Crippen LogP contribution in [0.4, 0.5) is 10.1 Å². The summed E-state index contributed by atoms with van der Waals surface area (Å²) in [5, 5.41) is 17.8. The van der Waals surface area contributed by atoms with Crippen LogP contribution in [0.3, 0.4) is 0 Å². The highest BCUT2D eigenvalue weighted by Crippen LogP contribution is 2.61. The van der Waals surface area contributed by atoms with Crippen molar-refractivity contribution in [1.29, 1.82) is 0 Å². The van der Waals surface area contributed by atoms with Crippen molar-refractivity contribution in [2.75, 3.05) is 32.1 Å². The lowest BCUT2D eigenvalue weighted by Crippen LogP contribution is -2.59. The number of anilines is 1. The predicted molar refractivity (Wildman–Crippen MR) is 176 cm³/mol. The second-order valence-electron chi connectivity index (χ2n) is 14.2. The number of nitrogens with zero attached hydrogens (tertiary/aromatic N) is 4. The zero-order valence-electron chi connectivity index (χ0n) is 27.3. The first-order valence-corrected chi connectivity index (χ1v) is 16.3. The van der Waals surface area contributed by atoms with E-state index in [0.717, 1.165) is 31.2 Å². The highest BCUT2D eigenvalue weighted by molar-refractivity contribution is 5.96. The molecule has 2 heterocycles. The molecule has 242 valence electrons. The monoisotopic (exact) mass is 618 g/mol. The van der Waals surface area contributed by atoms with Gasteiger partial charge < -0.3 is 25.4 Å². The number of methoxy groups -OCH3 is 1. The van der Waals surface area contributed by atoms with Crippen LogP contribution in [0, 0.1) is 29.0 Å². The third-order valence-electron chi connectivity index (χ3n) is 10.8. The third kappa shape index (κ3) is 6.06. The number of rotatable bonds is 7. The normalized spacial score (nSPS) is 28.4. The van der Waals surface area contributed by atoms with Crippen LogP contribution < -0.4 is 20.9 Å². The quantitative estimate of drug-likeness (QED) is 0.257. The number of guanidine groups is 1. The Balaban J connectivity index is 1.27. The fourth-order valence-electron chi connectivity index (χ4n) is 8.07. The third-order valence-corrected chi connectivity index (χ3v) is 10.8. The summed E-state index contributed by atoms with van der Waals surface area (Å²) in [6.45, 7) is 13.0. The van der Waals surface area contributed by atoms with E-state index in [-0.39, 0.29) is 24.6 Å². The molecule has 2 bridgehead atoms. The SMILES string of the molecule is COc1ccc(C[C@@H](CO)n2cnc3cc(NC(=N[C@H]4C[C@H]5C[C@@H]([C@@H]4C)C5(C)C)N4C[C@H](C)N[C@@H](C)C4)ccc3c2=O)c(F)c1. The molecule has 4 aliphatic rings. The van der Waals surface area contributed by atoms with Crippen molar-refractivity contribution >= 4 is 22.5 Å². The van der Waals surface area contributed by atoms with Crippen LogP contribution in [0.25, 0.3) is 10.9 Å². The number of aromatic nitrogens is 2. The second-order valence-corrected chi connectivity index (χ2v) is 14.2. The van der Waals surface area contributed by atoms with Gasteiger partial charge in [-0.25, -0.2) is 14.4 Å². The van der Waals surface area contributed by atoms with Crippen LogP contribution in [0.15, 0.2) is 52.5 Å². The van der Waals surface area contributed by atoms with Crippen molar-refractivity contribution in [3.8, 4) is 5.75 Å². The van der Waals surface area contributed by atoms with Crippen LogP contribution in [0.2, 0.25) is 0 Å². The summed E-state index contributed by atoms with van der Waals surface area (Å²) in [5.74, 6) is 2.77. The number of aliphatic hydroxyl groups excluding tert-OH is 1. The minimum absolute atomic E-state index is 0.138. The zero-order valence-corrected chi connectivity index (χ0v) is 27.3. The lowest BCUT2D eigenvalue weighted by atomic mass is 9.45. The van der Waals surface area contributed by atoms with Gasteiger partial charge >= 0.3 is 0 Å². The Bertz CT molecular complexity index is 1630. The summed E-state index contributed by atoms with van der Waals surface area (Å²) >= 11 is 0. The van der Waals surface area contributed by atoms with E-state index in [0.29, 0.717) is 57.5 Å². The molecule has 9 nitrogen and oxygen atoms in total. The molecule has 3 N–H and O–H groups in total. The summed E-state index contributed by atoms with van der Waals surface area (Å²) < 4.78 is 21.2. The molecule has 1 aromatic heterocycles. The minimum atomic E-state index is -0.667. The van der Waals surface area contributed by atoms with Gasteiger partial charge in [0, 0.05) is 36.9 Å². The van der Waals surface area contributed by atoms with E-state index in [1.807, 2.05) is 12.1 Å². The molecule has 3 saturated carbocycles.